The van der Waals surface area contributed by atoms with Crippen LogP contribution in [0.5, 0.6) is 0 Å². The van der Waals surface area contributed by atoms with Gasteiger partial charge in [-0.15, -0.1) is 0 Å². The van der Waals surface area contributed by atoms with Gasteiger partial charge in [-0.3, -0.25) is 4.98 Å². The lowest BCUT2D eigenvalue weighted by Gasteiger charge is -2.33. The van der Waals surface area contributed by atoms with Gasteiger partial charge in [0.05, 0.1) is 0 Å². The van der Waals surface area contributed by atoms with Crippen LogP contribution < -0.4 is 5.32 Å². The Kier molecular flexibility index (Phi) is 5.18. The summed E-state index contributed by atoms with van der Waals surface area (Å²) in [6.45, 7) is 2.33. The van der Waals surface area contributed by atoms with E-state index in [1.807, 2.05) is 12.4 Å². The first-order valence-corrected chi connectivity index (χ1v) is 7.39. The number of hydrogen-bond acceptors (Lipinski definition) is 2. The Bertz CT molecular complexity index is 328. The molecule has 2 heteroatoms. The van der Waals surface area contributed by atoms with Gasteiger partial charge in [-0.2, -0.15) is 0 Å². The van der Waals surface area contributed by atoms with Gasteiger partial charge in [-0.1, -0.05) is 26.2 Å². The molecule has 1 aliphatic rings. The summed E-state index contributed by atoms with van der Waals surface area (Å²) in [6.07, 6.45) is 11.9. The Morgan fingerprint density at radius 1 is 1.22 bits per heavy atom. The molecule has 1 unspecified atom stereocenters. The van der Waals surface area contributed by atoms with Crippen LogP contribution in [0.3, 0.4) is 0 Å². The van der Waals surface area contributed by atoms with Crippen LogP contribution in [0.15, 0.2) is 24.5 Å². The lowest BCUT2D eigenvalue weighted by atomic mass is 9.76. The van der Waals surface area contributed by atoms with Crippen molar-refractivity contribution in [2.24, 2.45) is 11.8 Å². The highest BCUT2D eigenvalue weighted by atomic mass is 14.9. The van der Waals surface area contributed by atoms with Gasteiger partial charge in [-0.25, -0.2) is 0 Å². The maximum absolute atomic E-state index is 4.09. The molecule has 0 spiro atoms. The zero-order valence-electron chi connectivity index (χ0n) is 11.7. The van der Waals surface area contributed by atoms with Crippen molar-refractivity contribution < 1.29 is 0 Å². The van der Waals surface area contributed by atoms with Crippen LogP contribution in [-0.4, -0.2) is 18.1 Å². The van der Waals surface area contributed by atoms with E-state index in [1.54, 1.807) is 0 Å². The van der Waals surface area contributed by atoms with Crippen LogP contribution in [0.1, 0.15) is 44.6 Å². The smallest absolute Gasteiger partial charge is 0.0270 e. The molecule has 1 heterocycles. The van der Waals surface area contributed by atoms with Gasteiger partial charge in [0.1, 0.15) is 0 Å². The van der Waals surface area contributed by atoms with Crippen molar-refractivity contribution in [3.63, 3.8) is 0 Å². The van der Waals surface area contributed by atoms with Crippen molar-refractivity contribution in [1.82, 2.24) is 10.3 Å². The molecule has 0 aliphatic heterocycles. The average molecular weight is 246 g/mol. The fourth-order valence-corrected chi connectivity index (χ4v) is 3.28. The standard InChI is InChI=1S/C16H26N2/c1-3-13-4-6-15(7-5-13)16(17-2)12-14-8-10-18-11-9-14/h8-11,13,15-17H,3-7,12H2,1-2H3. The minimum Gasteiger partial charge on any atom is -0.316 e. The summed E-state index contributed by atoms with van der Waals surface area (Å²) < 4.78 is 0. The van der Waals surface area contributed by atoms with Gasteiger partial charge in [0.15, 0.2) is 0 Å². The molecular formula is C16H26N2. The highest BCUT2D eigenvalue weighted by Crippen LogP contribution is 2.33. The predicted octanol–water partition coefficient (Wildman–Crippen LogP) is 3.43. The first kappa shape index (κ1) is 13.5. The van der Waals surface area contributed by atoms with Gasteiger partial charge in [0.25, 0.3) is 0 Å². The molecule has 1 N–H and O–H groups in total. The molecule has 100 valence electrons. The van der Waals surface area contributed by atoms with Crippen molar-refractivity contribution in [3.05, 3.63) is 30.1 Å². The second-order valence-electron chi connectivity index (χ2n) is 5.64. The van der Waals surface area contributed by atoms with Gasteiger partial charge >= 0.3 is 0 Å². The number of nitrogens with zero attached hydrogens (tertiary/aromatic N) is 1. The maximum Gasteiger partial charge on any atom is 0.0270 e. The molecule has 0 aromatic carbocycles. The van der Waals surface area contributed by atoms with E-state index in [-0.39, 0.29) is 0 Å². The number of nitrogens with one attached hydrogen (secondary N) is 1. The second-order valence-corrected chi connectivity index (χ2v) is 5.64. The van der Waals surface area contributed by atoms with E-state index >= 15 is 0 Å². The second kappa shape index (κ2) is 6.89. The number of aromatic nitrogens is 1. The first-order chi connectivity index (χ1) is 8.83. The number of rotatable bonds is 5. The third-order valence-corrected chi connectivity index (χ3v) is 4.61. The minimum absolute atomic E-state index is 0.630. The number of hydrogen-bond donors (Lipinski definition) is 1. The van der Waals surface area contributed by atoms with Gasteiger partial charge in [0, 0.05) is 18.4 Å². The summed E-state index contributed by atoms with van der Waals surface area (Å²) in [5.41, 5.74) is 1.40. The van der Waals surface area contributed by atoms with E-state index in [9.17, 15) is 0 Å². The van der Waals surface area contributed by atoms with Crippen LogP contribution in [0.4, 0.5) is 0 Å². The minimum atomic E-state index is 0.630. The Balaban J connectivity index is 1.89. The third kappa shape index (κ3) is 3.55. The quantitative estimate of drug-likeness (QED) is 0.861. The van der Waals surface area contributed by atoms with Gasteiger partial charge < -0.3 is 5.32 Å². The molecule has 0 bridgehead atoms. The van der Waals surface area contributed by atoms with E-state index in [0.29, 0.717) is 6.04 Å². The Morgan fingerprint density at radius 3 is 2.44 bits per heavy atom. The van der Waals surface area contributed by atoms with Crippen LogP contribution in [0.2, 0.25) is 0 Å². The highest BCUT2D eigenvalue weighted by molar-refractivity contribution is 5.11. The predicted molar refractivity (Wildman–Crippen MR) is 76.5 cm³/mol. The van der Waals surface area contributed by atoms with E-state index in [0.717, 1.165) is 18.3 Å². The molecular weight excluding hydrogens is 220 g/mol. The van der Waals surface area contributed by atoms with Crippen molar-refractivity contribution in [2.75, 3.05) is 7.05 Å². The summed E-state index contributed by atoms with van der Waals surface area (Å²) in [4.78, 5) is 4.09. The molecule has 1 aromatic rings. The SMILES string of the molecule is CCC1CCC(C(Cc2ccncc2)NC)CC1. The average Bonchev–Trinajstić information content (AvgIpc) is 2.46. The molecule has 1 atom stereocenters. The zero-order chi connectivity index (χ0) is 12.8. The van der Waals surface area contributed by atoms with Crippen LogP contribution in [0.25, 0.3) is 0 Å². The van der Waals surface area contributed by atoms with Crippen molar-refractivity contribution in [2.45, 2.75) is 51.5 Å². The van der Waals surface area contributed by atoms with Gasteiger partial charge in [-0.05, 0) is 55.8 Å². The molecule has 2 rings (SSSR count). The lowest BCUT2D eigenvalue weighted by Crippen LogP contribution is -2.37. The van der Waals surface area contributed by atoms with Crippen LogP contribution in [0, 0.1) is 11.8 Å². The highest BCUT2D eigenvalue weighted by Gasteiger charge is 2.26. The van der Waals surface area contributed by atoms with Crippen molar-refractivity contribution in [3.8, 4) is 0 Å². The fraction of sp³-hybridized carbons (Fsp3) is 0.688. The number of likely N-dealkylation sites (N-methyl/N-ethyl adjacent to an activating group) is 1. The molecule has 2 nitrogen and oxygen atoms in total. The van der Waals surface area contributed by atoms with Crippen molar-refractivity contribution >= 4 is 0 Å². The molecule has 1 saturated carbocycles. The monoisotopic (exact) mass is 246 g/mol. The lowest BCUT2D eigenvalue weighted by molar-refractivity contribution is 0.222. The molecule has 0 radical (unpaired) electrons. The van der Waals surface area contributed by atoms with Crippen molar-refractivity contribution in [1.29, 1.82) is 0 Å². The topological polar surface area (TPSA) is 24.9 Å². The van der Waals surface area contributed by atoms with Crippen LogP contribution in [-0.2, 0) is 6.42 Å². The van der Waals surface area contributed by atoms with Crippen LogP contribution >= 0.6 is 0 Å². The summed E-state index contributed by atoms with van der Waals surface area (Å²) in [5.74, 6) is 1.84. The molecule has 0 saturated heterocycles. The molecule has 1 aliphatic carbocycles. The van der Waals surface area contributed by atoms with E-state index in [2.05, 4.69) is 36.4 Å². The summed E-state index contributed by atoms with van der Waals surface area (Å²) in [5, 5.41) is 3.53. The summed E-state index contributed by atoms with van der Waals surface area (Å²) in [6, 6.07) is 4.91. The first-order valence-electron chi connectivity index (χ1n) is 7.39. The Labute approximate surface area is 111 Å². The Morgan fingerprint density at radius 2 is 1.89 bits per heavy atom. The fourth-order valence-electron chi connectivity index (χ4n) is 3.28. The zero-order valence-corrected chi connectivity index (χ0v) is 11.7. The van der Waals surface area contributed by atoms with E-state index in [4.69, 9.17) is 0 Å². The molecule has 1 aromatic heterocycles. The molecule has 18 heavy (non-hydrogen) atoms. The largest absolute Gasteiger partial charge is 0.316 e. The van der Waals surface area contributed by atoms with E-state index < -0.39 is 0 Å². The third-order valence-electron chi connectivity index (χ3n) is 4.61. The molecule has 0 amide bonds. The summed E-state index contributed by atoms with van der Waals surface area (Å²) >= 11 is 0. The van der Waals surface area contributed by atoms with Gasteiger partial charge in [0.2, 0.25) is 0 Å². The maximum atomic E-state index is 4.09. The Hall–Kier alpha value is -0.890. The normalized spacial score (nSPS) is 25.9. The number of pyridine rings is 1. The van der Waals surface area contributed by atoms with E-state index in [1.165, 1.54) is 37.7 Å². The summed E-state index contributed by atoms with van der Waals surface area (Å²) in [7, 11) is 2.11. The molecule has 1 fully saturated rings.